The predicted molar refractivity (Wildman–Crippen MR) is 84.6 cm³/mol. The van der Waals surface area contributed by atoms with E-state index in [9.17, 15) is 4.39 Å². The van der Waals surface area contributed by atoms with Gasteiger partial charge in [0.2, 0.25) is 0 Å². The Balaban J connectivity index is 2.21. The van der Waals surface area contributed by atoms with Gasteiger partial charge in [-0.1, -0.05) is 29.3 Å². The number of nitrogens with one attached hydrogen (secondary N) is 1. The Kier molecular flexibility index (Phi) is 5.25. The van der Waals surface area contributed by atoms with Crippen molar-refractivity contribution in [3.8, 4) is 0 Å². The van der Waals surface area contributed by atoms with Gasteiger partial charge in [-0.25, -0.2) is 4.39 Å². The Morgan fingerprint density at radius 2 is 1.95 bits per heavy atom. The number of hydrogen-bond acceptors (Lipinski definition) is 2. The number of likely N-dealkylation sites (N-methyl/N-ethyl adjacent to an activating group) is 1. The molecule has 2 aromatic rings. The molecule has 0 saturated heterocycles. The monoisotopic (exact) mass is 329 g/mol. The number of halogens is 3. The van der Waals surface area contributed by atoms with Crippen LogP contribution in [-0.4, -0.2) is 22.9 Å². The van der Waals surface area contributed by atoms with E-state index in [1.54, 1.807) is 23.9 Å². The second-order valence-electron chi connectivity index (χ2n) is 5.07. The lowest BCUT2D eigenvalue weighted by molar-refractivity contribution is 0.531. The van der Waals surface area contributed by atoms with Crippen molar-refractivity contribution in [2.24, 2.45) is 7.05 Å². The molecule has 1 aromatic heterocycles. The second kappa shape index (κ2) is 6.77. The smallest absolute Gasteiger partial charge is 0.130 e. The van der Waals surface area contributed by atoms with Crippen molar-refractivity contribution in [3.63, 3.8) is 0 Å². The first-order chi connectivity index (χ1) is 9.93. The summed E-state index contributed by atoms with van der Waals surface area (Å²) in [6.07, 6.45) is 1.16. The van der Waals surface area contributed by atoms with Crippen molar-refractivity contribution >= 4 is 23.2 Å². The number of nitrogens with zero attached hydrogens (tertiary/aromatic N) is 2. The fourth-order valence-electron chi connectivity index (χ4n) is 2.40. The lowest BCUT2D eigenvalue weighted by Crippen LogP contribution is -2.30. The number of aromatic nitrogens is 2. The Bertz CT molecular complexity index is 620. The normalized spacial score (nSPS) is 12.7. The summed E-state index contributed by atoms with van der Waals surface area (Å²) in [5.41, 5.74) is 2.39. The molecule has 0 amide bonds. The van der Waals surface area contributed by atoms with Crippen LogP contribution in [-0.2, 0) is 19.9 Å². The van der Waals surface area contributed by atoms with Crippen LogP contribution in [0.25, 0.3) is 0 Å². The average Bonchev–Trinajstić information content (AvgIpc) is 2.67. The molecule has 6 heteroatoms. The maximum atomic E-state index is 13.9. The third-order valence-corrected chi connectivity index (χ3v) is 4.47. The van der Waals surface area contributed by atoms with Crippen LogP contribution in [0.2, 0.25) is 10.2 Å². The first-order valence-electron chi connectivity index (χ1n) is 6.72. The number of benzene rings is 1. The molecule has 0 aliphatic carbocycles. The topological polar surface area (TPSA) is 29.9 Å². The van der Waals surface area contributed by atoms with Gasteiger partial charge in [-0.05, 0) is 38.9 Å². The highest BCUT2D eigenvalue weighted by atomic mass is 35.5. The van der Waals surface area contributed by atoms with Crippen molar-refractivity contribution in [2.75, 3.05) is 7.05 Å². The summed E-state index contributed by atoms with van der Waals surface area (Å²) in [4.78, 5) is 0. The fourth-order valence-corrected chi connectivity index (χ4v) is 2.89. The molecule has 0 radical (unpaired) electrons. The van der Waals surface area contributed by atoms with E-state index in [4.69, 9.17) is 23.2 Å². The van der Waals surface area contributed by atoms with Crippen LogP contribution < -0.4 is 5.32 Å². The molecule has 3 nitrogen and oxygen atoms in total. The second-order valence-corrected chi connectivity index (χ2v) is 5.84. The molecule has 2 rings (SSSR count). The van der Waals surface area contributed by atoms with E-state index in [1.807, 2.05) is 14.0 Å². The van der Waals surface area contributed by atoms with Gasteiger partial charge in [0, 0.05) is 29.2 Å². The SMILES string of the molecule is CNC(Cc1c(F)cccc1Cl)Cc1c(C)nn(C)c1Cl. The van der Waals surface area contributed by atoms with Gasteiger partial charge in [-0.3, -0.25) is 4.68 Å². The molecule has 0 fully saturated rings. The van der Waals surface area contributed by atoms with Crippen molar-refractivity contribution in [3.05, 3.63) is 51.0 Å². The summed E-state index contributed by atoms with van der Waals surface area (Å²) in [5.74, 6) is -0.281. The number of hydrogen-bond donors (Lipinski definition) is 1. The molecule has 1 unspecified atom stereocenters. The lowest BCUT2D eigenvalue weighted by atomic mass is 9.99. The average molecular weight is 330 g/mol. The minimum Gasteiger partial charge on any atom is -0.316 e. The van der Waals surface area contributed by atoms with Gasteiger partial charge in [0.1, 0.15) is 11.0 Å². The third-order valence-electron chi connectivity index (χ3n) is 3.64. The Labute approximate surface area is 134 Å². The zero-order chi connectivity index (χ0) is 15.6. The van der Waals surface area contributed by atoms with Crippen molar-refractivity contribution in [1.82, 2.24) is 15.1 Å². The Morgan fingerprint density at radius 1 is 1.29 bits per heavy atom. The van der Waals surface area contributed by atoms with E-state index < -0.39 is 0 Å². The fraction of sp³-hybridized carbons (Fsp3) is 0.400. The Hall–Kier alpha value is -1.10. The lowest BCUT2D eigenvalue weighted by Gasteiger charge is -2.17. The minimum atomic E-state index is -0.281. The highest BCUT2D eigenvalue weighted by Crippen LogP contribution is 2.24. The highest BCUT2D eigenvalue weighted by Gasteiger charge is 2.19. The van der Waals surface area contributed by atoms with Crippen LogP contribution in [0.3, 0.4) is 0 Å². The molecule has 21 heavy (non-hydrogen) atoms. The first-order valence-corrected chi connectivity index (χ1v) is 7.47. The molecule has 0 spiro atoms. The maximum Gasteiger partial charge on any atom is 0.130 e. The van der Waals surface area contributed by atoms with Crippen molar-refractivity contribution < 1.29 is 4.39 Å². The van der Waals surface area contributed by atoms with Crippen molar-refractivity contribution in [1.29, 1.82) is 0 Å². The van der Waals surface area contributed by atoms with Crippen LogP contribution in [0.4, 0.5) is 4.39 Å². The van der Waals surface area contributed by atoms with Gasteiger partial charge < -0.3 is 5.32 Å². The molecule has 1 heterocycles. The van der Waals surface area contributed by atoms with E-state index in [1.165, 1.54) is 6.07 Å². The molecule has 0 saturated carbocycles. The van der Waals surface area contributed by atoms with Gasteiger partial charge in [-0.15, -0.1) is 0 Å². The molecule has 1 N–H and O–H groups in total. The summed E-state index contributed by atoms with van der Waals surface area (Å²) < 4.78 is 15.5. The van der Waals surface area contributed by atoms with Crippen LogP contribution in [0, 0.1) is 12.7 Å². The van der Waals surface area contributed by atoms with E-state index in [0.717, 1.165) is 11.3 Å². The minimum absolute atomic E-state index is 0.0276. The van der Waals surface area contributed by atoms with E-state index in [0.29, 0.717) is 28.6 Å². The zero-order valence-electron chi connectivity index (χ0n) is 12.3. The van der Waals surface area contributed by atoms with E-state index in [-0.39, 0.29) is 11.9 Å². The maximum absolute atomic E-state index is 13.9. The third kappa shape index (κ3) is 3.57. The van der Waals surface area contributed by atoms with Gasteiger partial charge in [0.25, 0.3) is 0 Å². The molecule has 0 aliphatic heterocycles. The van der Waals surface area contributed by atoms with Crippen LogP contribution in [0.5, 0.6) is 0 Å². The quantitative estimate of drug-likeness (QED) is 0.909. The number of rotatable bonds is 5. The zero-order valence-corrected chi connectivity index (χ0v) is 13.8. The molecule has 1 aromatic carbocycles. The molecular formula is C15H18Cl2FN3. The first kappa shape index (κ1) is 16.3. The van der Waals surface area contributed by atoms with Gasteiger partial charge in [0.05, 0.1) is 5.69 Å². The van der Waals surface area contributed by atoms with Gasteiger partial charge >= 0.3 is 0 Å². The standard InChI is InChI=1S/C15H18Cl2FN3/c1-9-11(15(17)21(3)20-9)7-10(19-2)8-12-13(16)5-4-6-14(12)18/h4-6,10,19H,7-8H2,1-3H3. The number of aryl methyl sites for hydroxylation is 2. The van der Waals surface area contributed by atoms with E-state index >= 15 is 0 Å². The van der Waals surface area contributed by atoms with Crippen molar-refractivity contribution in [2.45, 2.75) is 25.8 Å². The Morgan fingerprint density at radius 3 is 2.48 bits per heavy atom. The molecule has 1 atom stereocenters. The summed E-state index contributed by atoms with van der Waals surface area (Å²) in [5, 5.41) is 8.56. The van der Waals surface area contributed by atoms with E-state index in [2.05, 4.69) is 10.4 Å². The largest absolute Gasteiger partial charge is 0.316 e. The summed E-state index contributed by atoms with van der Waals surface area (Å²) in [6, 6.07) is 4.77. The van der Waals surface area contributed by atoms with Gasteiger partial charge in [0.15, 0.2) is 0 Å². The van der Waals surface area contributed by atoms with Gasteiger partial charge in [-0.2, -0.15) is 5.10 Å². The summed E-state index contributed by atoms with van der Waals surface area (Å²) >= 11 is 12.3. The predicted octanol–water partition coefficient (Wildman–Crippen LogP) is 3.55. The molecule has 0 aliphatic rings. The summed E-state index contributed by atoms with van der Waals surface area (Å²) in [6.45, 7) is 1.92. The van der Waals surface area contributed by atoms with Crippen LogP contribution in [0.15, 0.2) is 18.2 Å². The van der Waals surface area contributed by atoms with Crippen LogP contribution >= 0.6 is 23.2 Å². The van der Waals surface area contributed by atoms with Crippen LogP contribution in [0.1, 0.15) is 16.8 Å². The molecule has 0 bridgehead atoms. The summed E-state index contributed by atoms with van der Waals surface area (Å²) in [7, 11) is 3.65. The molecule has 114 valence electrons. The highest BCUT2D eigenvalue weighted by molar-refractivity contribution is 6.31. The molecular weight excluding hydrogens is 312 g/mol.